The third-order valence-electron chi connectivity index (χ3n) is 14.8. The van der Waals surface area contributed by atoms with E-state index in [1.165, 1.54) is 250 Å². The zero-order valence-electron chi connectivity index (χ0n) is 47.0. The van der Waals surface area contributed by atoms with Gasteiger partial charge in [-0.15, -0.1) is 0 Å². The van der Waals surface area contributed by atoms with Crippen molar-refractivity contribution < 1.29 is 25.2 Å². The Bertz CT molecular complexity index is 1110. The molecule has 4 atom stereocenters. The summed E-state index contributed by atoms with van der Waals surface area (Å²) in [6.07, 6.45) is 73.8. The van der Waals surface area contributed by atoms with E-state index in [9.17, 15) is 25.2 Å². The van der Waals surface area contributed by atoms with Gasteiger partial charge in [-0.3, -0.25) is 4.79 Å². The van der Waals surface area contributed by atoms with Gasteiger partial charge in [0.15, 0.2) is 0 Å². The van der Waals surface area contributed by atoms with Crippen LogP contribution in [0.3, 0.4) is 0 Å². The van der Waals surface area contributed by atoms with Crippen LogP contribution in [0.5, 0.6) is 0 Å². The molecule has 6 heteroatoms. The Morgan fingerprint density at radius 1 is 0.343 bits per heavy atom. The molecule has 414 valence electrons. The zero-order chi connectivity index (χ0) is 50.9. The van der Waals surface area contributed by atoms with Crippen molar-refractivity contribution in [2.45, 2.75) is 359 Å². The minimum absolute atomic E-state index is 0.362. The predicted molar refractivity (Wildman–Crippen MR) is 307 cm³/mol. The maximum absolute atomic E-state index is 12.6. The summed E-state index contributed by atoms with van der Waals surface area (Å²) in [5.41, 5.74) is 0. The Labute approximate surface area is 437 Å². The van der Waals surface area contributed by atoms with Crippen LogP contribution in [0.1, 0.15) is 335 Å². The number of hydrogen-bond donors (Lipinski definition) is 5. The van der Waals surface area contributed by atoms with E-state index in [1.54, 1.807) is 0 Å². The monoisotopic (exact) mass is 986 g/mol. The molecule has 0 aliphatic carbocycles. The number of carbonyl (C=O) groups excluding carboxylic acids is 1. The first-order chi connectivity index (χ1) is 34.5. The molecule has 0 aromatic carbocycles. The molecule has 0 aromatic rings. The van der Waals surface area contributed by atoms with Crippen LogP contribution < -0.4 is 5.32 Å². The van der Waals surface area contributed by atoms with Crippen LogP contribution in [-0.4, -0.2) is 57.3 Å². The Kier molecular flexibility index (Phi) is 57.2. The van der Waals surface area contributed by atoms with Crippen LogP contribution in [0.25, 0.3) is 0 Å². The lowest BCUT2D eigenvalue weighted by Crippen LogP contribution is -2.53. The van der Waals surface area contributed by atoms with Crippen molar-refractivity contribution in [3.63, 3.8) is 0 Å². The van der Waals surface area contributed by atoms with Gasteiger partial charge in [-0.1, -0.05) is 307 Å². The third-order valence-corrected chi connectivity index (χ3v) is 14.8. The molecule has 0 aliphatic rings. The van der Waals surface area contributed by atoms with Crippen LogP contribution in [0, 0.1) is 0 Å². The number of nitrogens with one attached hydrogen (secondary N) is 1. The van der Waals surface area contributed by atoms with Crippen molar-refractivity contribution in [1.29, 1.82) is 0 Å². The van der Waals surface area contributed by atoms with E-state index in [0.717, 1.165) is 51.4 Å². The van der Waals surface area contributed by atoms with Crippen LogP contribution >= 0.6 is 0 Å². The first-order valence-electron chi connectivity index (χ1n) is 31.4. The fourth-order valence-electron chi connectivity index (χ4n) is 9.91. The summed E-state index contributed by atoms with van der Waals surface area (Å²) in [4.78, 5) is 12.6. The van der Waals surface area contributed by atoms with Crippen molar-refractivity contribution in [3.05, 3.63) is 36.5 Å². The van der Waals surface area contributed by atoms with Crippen molar-refractivity contribution >= 4 is 5.91 Å². The second-order valence-corrected chi connectivity index (χ2v) is 21.7. The number of allylic oxidation sites excluding steroid dienone is 6. The first kappa shape index (κ1) is 68.5. The van der Waals surface area contributed by atoms with E-state index >= 15 is 0 Å². The zero-order valence-corrected chi connectivity index (χ0v) is 47.0. The highest BCUT2D eigenvalue weighted by molar-refractivity contribution is 5.80. The second kappa shape index (κ2) is 58.4. The standard InChI is InChI=1S/C64H123NO5/c1-3-5-7-9-11-13-15-17-19-21-23-25-27-29-31-32-34-35-37-39-41-43-45-47-49-51-53-55-57-61(67)63(69)60(59-66)65-64(70)62(68)58-56-54-52-50-48-46-44-42-40-38-36-33-30-28-26-24-22-20-18-16-14-12-10-8-6-4-2/h34-35,41,43,49,51,60-63,66-69H,3-33,36-40,42,44-48,50,52-59H2,1-2H3,(H,65,70)/b35-34+,43-41+,51-49+. The molecule has 0 spiro atoms. The molecule has 1 amide bonds. The minimum Gasteiger partial charge on any atom is -0.394 e. The van der Waals surface area contributed by atoms with Gasteiger partial charge in [0, 0.05) is 0 Å². The van der Waals surface area contributed by atoms with Crippen molar-refractivity contribution in [3.8, 4) is 0 Å². The molecule has 70 heavy (non-hydrogen) atoms. The molecule has 0 rings (SSSR count). The Morgan fingerprint density at radius 3 is 0.900 bits per heavy atom. The Hall–Kier alpha value is -1.47. The number of unbranched alkanes of at least 4 members (excludes halogenated alkanes) is 43. The lowest BCUT2D eigenvalue weighted by Gasteiger charge is -2.27. The number of carbonyl (C=O) groups is 1. The van der Waals surface area contributed by atoms with Gasteiger partial charge in [-0.05, 0) is 64.2 Å². The second-order valence-electron chi connectivity index (χ2n) is 21.7. The summed E-state index contributed by atoms with van der Waals surface area (Å²) < 4.78 is 0. The van der Waals surface area contributed by atoms with Gasteiger partial charge in [-0.25, -0.2) is 0 Å². The quantitative estimate of drug-likeness (QED) is 0.0308. The summed E-state index contributed by atoms with van der Waals surface area (Å²) in [6.45, 7) is 4.08. The molecule has 0 saturated carbocycles. The van der Waals surface area contributed by atoms with Gasteiger partial charge < -0.3 is 25.7 Å². The largest absolute Gasteiger partial charge is 0.394 e. The van der Waals surface area contributed by atoms with E-state index in [-0.39, 0.29) is 0 Å². The third kappa shape index (κ3) is 51.4. The number of amides is 1. The molecule has 0 fully saturated rings. The average molecular weight is 987 g/mol. The summed E-state index contributed by atoms with van der Waals surface area (Å²) in [7, 11) is 0. The number of aliphatic hydroxyl groups excluding tert-OH is 4. The normalized spacial score (nSPS) is 13.9. The van der Waals surface area contributed by atoms with E-state index in [4.69, 9.17) is 0 Å². The van der Waals surface area contributed by atoms with E-state index < -0.39 is 36.9 Å². The lowest BCUT2D eigenvalue weighted by atomic mass is 10.00. The highest BCUT2D eigenvalue weighted by atomic mass is 16.3. The first-order valence-corrected chi connectivity index (χ1v) is 31.4. The summed E-state index contributed by atoms with van der Waals surface area (Å²) in [5.74, 6) is -0.594. The number of hydrogen-bond acceptors (Lipinski definition) is 5. The van der Waals surface area contributed by atoms with Gasteiger partial charge >= 0.3 is 0 Å². The molecule has 0 radical (unpaired) electrons. The highest BCUT2D eigenvalue weighted by Crippen LogP contribution is 2.18. The lowest BCUT2D eigenvalue weighted by molar-refractivity contribution is -0.132. The SMILES string of the molecule is CCCCCCCCCCCCCCCCC/C=C/CC/C=C/CC/C=C/CCCC(O)C(O)C(CO)NC(=O)C(O)CCCCCCCCCCCCCCCCCCCCCCCCCCCC. The van der Waals surface area contributed by atoms with Crippen LogP contribution in [0.15, 0.2) is 36.5 Å². The van der Waals surface area contributed by atoms with Gasteiger partial charge in [-0.2, -0.15) is 0 Å². The Morgan fingerprint density at radius 2 is 0.600 bits per heavy atom. The fourth-order valence-corrected chi connectivity index (χ4v) is 9.91. The molecule has 0 aliphatic heterocycles. The molecule has 6 nitrogen and oxygen atoms in total. The topological polar surface area (TPSA) is 110 Å². The van der Waals surface area contributed by atoms with Gasteiger partial charge in [0.05, 0.1) is 18.8 Å². The van der Waals surface area contributed by atoms with Crippen LogP contribution in [-0.2, 0) is 4.79 Å². The summed E-state index contributed by atoms with van der Waals surface area (Å²) >= 11 is 0. The molecule has 4 unspecified atom stereocenters. The maximum Gasteiger partial charge on any atom is 0.249 e. The fraction of sp³-hybridized carbons (Fsp3) is 0.891. The molecular formula is C64H123NO5. The van der Waals surface area contributed by atoms with E-state index in [1.807, 2.05) is 0 Å². The molecule has 0 saturated heterocycles. The molecule has 5 N–H and O–H groups in total. The maximum atomic E-state index is 12.6. The van der Waals surface area contributed by atoms with Crippen molar-refractivity contribution in [2.24, 2.45) is 0 Å². The van der Waals surface area contributed by atoms with E-state index in [0.29, 0.717) is 19.3 Å². The number of rotatable bonds is 58. The predicted octanol–water partition coefficient (Wildman–Crippen LogP) is 18.8. The summed E-state index contributed by atoms with van der Waals surface area (Å²) in [5, 5.41) is 44.1. The molecule has 0 aromatic heterocycles. The number of aliphatic hydroxyl groups is 4. The van der Waals surface area contributed by atoms with Crippen molar-refractivity contribution in [2.75, 3.05) is 6.61 Å². The molecular weight excluding hydrogens is 863 g/mol. The Balaban J connectivity index is 3.65. The minimum atomic E-state index is -1.29. The van der Waals surface area contributed by atoms with E-state index in [2.05, 4.69) is 55.6 Å². The molecule has 0 heterocycles. The molecule has 0 bridgehead atoms. The van der Waals surface area contributed by atoms with Gasteiger partial charge in [0.25, 0.3) is 0 Å². The average Bonchev–Trinajstić information content (AvgIpc) is 3.36. The van der Waals surface area contributed by atoms with Crippen LogP contribution in [0.4, 0.5) is 0 Å². The van der Waals surface area contributed by atoms with Crippen LogP contribution in [0.2, 0.25) is 0 Å². The summed E-state index contributed by atoms with van der Waals surface area (Å²) in [6, 6.07) is -1.01. The smallest absolute Gasteiger partial charge is 0.249 e. The van der Waals surface area contributed by atoms with Crippen molar-refractivity contribution in [1.82, 2.24) is 5.32 Å². The van der Waals surface area contributed by atoms with Gasteiger partial charge in [0.1, 0.15) is 12.2 Å². The van der Waals surface area contributed by atoms with Gasteiger partial charge in [0.2, 0.25) is 5.91 Å². The highest BCUT2D eigenvalue weighted by Gasteiger charge is 2.28.